The first-order valence-corrected chi connectivity index (χ1v) is 11.8. The van der Waals surface area contributed by atoms with E-state index in [9.17, 15) is 14.0 Å². The highest BCUT2D eigenvalue weighted by atomic mass is 35.5. The summed E-state index contributed by atoms with van der Waals surface area (Å²) in [5, 5.41) is 7.01. The van der Waals surface area contributed by atoms with Crippen molar-refractivity contribution in [3.05, 3.63) is 63.9 Å². The van der Waals surface area contributed by atoms with Gasteiger partial charge in [0.1, 0.15) is 11.6 Å². The monoisotopic (exact) mass is 493 g/mol. The zero-order chi connectivity index (χ0) is 23.4. The van der Waals surface area contributed by atoms with Gasteiger partial charge in [-0.15, -0.1) is 0 Å². The van der Waals surface area contributed by atoms with Gasteiger partial charge in [0.25, 0.3) is 0 Å². The number of benzene rings is 2. The minimum atomic E-state index is -0.627. The molecule has 0 radical (unpaired) electrons. The standard InChI is InChI=1S/C24H26Cl2FN3O3/c25-21-6-1-16(11-22(21)26)20-14-30(23(31)15-7-9-28-10-8-15)13-17(20)12-29-24(32)33-19-4-2-18(27)3-5-19/h1-6,11,15,17,20,28H,7-10,12-14H2,(H,29,32)/t17-,20-/m0/s1. The number of nitrogens with zero attached hydrogens (tertiary/aromatic N) is 1. The lowest BCUT2D eigenvalue weighted by Gasteiger charge is -2.27. The van der Waals surface area contributed by atoms with E-state index in [1.54, 1.807) is 6.07 Å². The molecule has 2 heterocycles. The summed E-state index contributed by atoms with van der Waals surface area (Å²) in [6.07, 6.45) is 1.04. The molecule has 2 aromatic carbocycles. The second kappa shape index (κ2) is 10.7. The van der Waals surface area contributed by atoms with Crippen molar-refractivity contribution in [2.45, 2.75) is 18.8 Å². The Morgan fingerprint density at radius 1 is 1.06 bits per heavy atom. The number of ether oxygens (including phenoxy) is 1. The lowest BCUT2D eigenvalue weighted by Crippen LogP contribution is -2.40. The van der Waals surface area contributed by atoms with Gasteiger partial charge in [0.05, 0.1) is 10.0 Å². The topological polar surface area (TPSA) is 70.7 Å². The highest BCUT2D eigenvalue weighted by molar-refractivity contribution is 6.42. The van der Waals surface area contributed by atoms with Crippen LogP contribution in [0.5, 0.6) is 5.75 Å². The van der Waals surface area contributed by atoms with Crippen molar-refractivity contribution in [1.82, 2.24) is 15.5 Å². The number of amides is 2. The van der Waals surface area contributed by atoms with Crippen LogP contribution in [0.4, 0.5) is 9.18 Å². The van der Waals surface area contributed by atoms with Crippen molar-refractivity contribution in [1.29, 1.82) is 0 Å². The van der Waals surface area contributed by atoms with Crippen molar-refractivity contribution in [3.63, 3.8) is 0 Å². The van der Waals surface area contributed by atoms with Gasteiger partial charge >= 0.3 is 6.09 Å². The van der Waals surface area contributed by atoms with Crippen LogP contribution in [-0.4, -0.2) is 49.6 Å². The Kier molecular flexibility index (Phi) is 7.73. The first-order valence-electron chi connectivity index (χ1n) is 11.1. The molecule has 0 unspecified atom stereocenters. The molecule has 2 N–H and O–H groups in total. The predicted octanol–water partition coefficient (Wildman–Crippen LogP) is 4.46. The fraction of sp³-hybridized carbons (Fsp3) is 0.417. The van der Waals surface area contributed by atoms with E-state index in [-0.39, 0.29) is 29.4 Å². The first-order chi connectivity index (χ1) is 15.9. The van der Waals surface area contributed by atoms with Crippen molar-refractivity contribution in [2.75, 3.05) is 32.7 Å². The second-order valence-electron chi connectivity index (χ2n) is 8.53. The number of nitrogens with one attached hydrogen (secondary N) is 2. The molecular formula is C24H26Cl2FN3O3. The second-order valence-corrected chi connectivity index (χ2v) is 9.35. The minimum Gasteiger partial charge on any atom is -0.410 e. The average molecular weight is 494 g/mol. The number of carbonyl (C=O) groups is 2. The molecule has 2 aliphatic rings. The van der Waals surface area contributed by atoms with Gasteiger partial charge < -0.3 is 20.3 Å². The van der Waals surface area contributed by atoms with Crippen molar-refractivity contribution < 1.29 is 18.7 Å². The summed E-state index contributed by atoms with van der Waals surface area (Å²) in [6.45, 7) is 3.10. The Balaban J connectivity index is 1.44. The molecule has 2 fully saturated rings. The van der Waals surface area contributed by atoms with Gasteiger partial charge in [-0.25, -0.2) is 9.18 Å². The molecule has 2 aliphatic heterocycles. The van der Waals surface area contributed by atoms with E-state index in [1.165, 1.54) is 24.3 Å². The summed E-state index contributed by atoms with van der Waals surface area (Å²) < 4.78 is 18.3. The van der Waals surface area contributed by atoms with Crippen LogP contribution in [0.1, 0.15) is 24.3 Å². The molecule has 6 nitrogen and oxygen atoms in total. The fourth-order valence-electron chi connectivity index (χ4n) is 4.57. The minimum absolute atomic E-state index is 0.00319. The Hall–Kier alpha value is -2.35. The Bertz CT molecular complexity index is 999. The Morgan fingerprint density at radius 3 is 2.48 bits per heavy atom. The third kappa shape index (κ3) is 5.96. The van der Waals surface area contributed by atoms with Gasteiger partial charge in [-0.1, -0.05) is 29.3 Å². The molecule has 0 bridgehead atoms. The van der Waals surface area contributed by atoms with Gasteiger partial charge in [-0.2, -0.15) is 0 Å². The number of rotatable bonds is 5. The van der Waals surface area contributed by atoms with E-state index in [2.05, 4.69) is 10.6 Å². The van der Waals surface area contributed by atoms with Crippen LogP contribution >= 0.6 is 23.2 Å². The molecule has 9 heteroatoms. The SMILES string of the molecule is O=C(NC[C@H]1CN(C(=O)C2CCNCC2)C[C@H]1c1ccc(Cl)c(Cl)c1)Oc1ccc(F)cc1. The summed E-state index contributed by atoms with van der Waals surface area (Å²) in [5.41, 5.74) is 0.976. The van der Waals surface area contributed by atoms with Gasteiger partial charge in [-0.05, 0) is 67.9 Å². The number of halogens is 3. The van der Waals surface area contributed by atoms with Gasteiger partial charge in [0, 0.05) is 37.4 Å². The lowest BCUT2D eigenvalue weighted by atomic mass is 9.89. The van der Waals surface area contributed by atoms with Crippen LogP contribution in [0.25, 0.3) is 0 Å². The maximum atomic E-state index is 13.2. The third-order valence-electron chi connectivity index (χ3n) is 6.35. The Labute approximate surface area is 202 Å². The normalized spacial score (nSPS) is 21.1. The third-order valence-corrected chi connectivity index (χ3v) is 7.08. The van der Waals surface area contributed by atoms with E-state index < -0.39 is 11.9 Å². The van der Waals surface area contributed by atoms with E-state index in [4.69, 9.17) is 27.9 Å². The van der Waals surface area contributed by atoms with Crippen molar-refractivity contribution in [3.8, 4) is 5.75 Å². The van der Waals surface area contributed by atoms with Crippen molar-refractivity contribution in [2.24, 2.45) is 11.8 Å². The summed E-state index contributed by atoms with van der Waals surface area (Å²) in [5.74, 6) is 0.0137. The number of piperidine rings is 1. The average Bonchev–Trinajstić information content (AvgIpc) is 3.25. The zero-order valence-corrected chi connectivity index (χ0v) is 19.5. The van der Waals surface area contributed by atoms with Crippen LogP contribution < -0.4 is 15.4 Å². The molecule has 2 atom stereocenters. The van der Waals surface area contributed by atoms with E-state index in [1.807, 2.05) is 17.0 Å². The highest BCUT2D eigenvalue weighted by Gasteiger charge is 2.38. The van der Waals surface area contributed by atoms with Crippen LogP contribution in [-0.2, 0) is 4.79 Å². The summed E-state index contributed by atoms with van der Waals surface area (Å²) >= 11 is 12.3. The maximum Gasteiger partial charge on any atom is 0.412 e. The van der Waals surface area contributed by atoms with Crippen LogP contribution in [0.15, 0.2) is 42.5 Å². The highest BCUT2D eigenvalue weighted by Crippen LogP contribution is 2.36. The molecule has 4 rings (SSSR count). The molecule has 0 spiro atoms. The lowest BCUT2D eigenvalue weighted by molar-refractivity contribution is -0.135. The largest absolute Gasteiger partial charge is 0.412 e. The molecule has 2 aromatic rings. The molecule has 0 saturated carbocycles. The Morgan fingerprint density at radius 2 is 1.79 bits per heavy atom. The van der Waals surface area contributed by atoms with Crippen LogP contribution in [0.3, 0.4) is 0 Å². The number of hydrogen-bond donors (Lipinski definition) is 2. The fourth-order valence-corrected chi connectivity index (χ4v) is 4.87. The maximum absolute atomic E-state index is 13.2. The first kappa shape index (κ1) is 23.8. The molecule has 33 heavy (non-hydrogen) atoms. The molecule has 0 aliphatic carbocycles. The molecule has 176 valence electrons. The smallest absolute Gasteiger partial charge is 0.410 e. The van der Waals surface area contributed by atoms with E-state index in [0.29, 0.717) is 29.7 Å². The molecular weight excluding hydrogens is 468 g/mol. The van der Waals surface area contributed by atoms with Gasteiger partial charge in [0.15, 0.2) is 0 Å². The zero-order valence-electron chi connectivity index (χ0n) is 18.0. The van der Waals surface area contributed by atoms with Crippen LogP contribution in [0.2, 0.25) is 10.0 Å². The van der Waals surface area contributed by atoms with E-state index in [0.717, 1.165) is 31.5 Å². The predicted molar refractivity (Wildman–Crippen MR) is 125 cm³/mol. The molecule has 0 aromatic heterocycles. The summed E-state index contributed by atoms with van der Waals surface area (Å²) in [7, 11) is 0. The molecule has 2 saturated heterocycles. The number of carbonyl (C=O) groups excluding carboxylic acids is 2. The summed E-state index contributed by atoms with van der Waals surface area (Å²) in [6, 6.07) is 10.7. The van der Waals surface area contributed by atoms with Gasteiger partial charge in [0.2, 0.25) is 5.91 Å². The quantitative estimate of drug-likeness (QED) is 0.644. The summed E-state index contributed by atoms with van der Waals surface area (Å²) in [4.78, 5) is 27.4. The van der Waals surface area contributed by atoms with Crippen molar-refractivity contribution >= 4 is 35.2 Å². The number of hydrogen-bond acceptors (Lipinski definition) is 4. The van der Waals surface area contributed by atoms with Crippen LogP contribution in [0, 0.1) is 17.7 Å². The molecule has 2 amide bonds. The number of likely N-dealkylation sites (tertiary alicyclic amines) is 1. The van der Waals surface area contributed by atoms with Gasteiger partial charge in [-0.3, -0.25) is 4.79 Å². The van der Waals surface area contributed by atoms with E-state index >= 15 is 0 Å².